The van der Waals surface area contributed by atoms with E-state index in [1.807, 2.05) is 41.4 Å². The molecule has 1 amide bonds. The summed E-state index contributed by atoms with van der Waals surface area (Å²) in [4.78, 5) is 20.4. The molecule has 1 fully saturated rings. The lowest BCUT2D eigenvalue weighted by Crippen LogP contribution is -2.49. The Morgan fingerprint density at radius 1 is 1.00 bits per heavy atom. The average Bonchev–Trinajstić information content (AvgIpc) is 3.15. The number of nitrogens with one attached hydrogen (secondary N) is 1. The highest BCUT2D eigenvalue weighted by atomic mass is 16.2. The van der Waals surface area contributed by atoms with Crippen LogP contribution in [0.5, 0.6) is 0 Å². The number of piperazine rings is 1. The van der Waals surface area contributed by atoms with Gasteiger partial charge in [-0.15, -0.1) is 0 Å². The number of aromatic nitrogens is 1. The van der Waals surface area contributed by atoms with Crippen LogP contribution in [0, 0.1) is 0 Å². The Bertz CT molecular complexity index is 863. The van der Waals surface area contributed by atoms with Gasteiger partial charge >= 0.3 is 0 Å². The van der Waals surface area contributed by atoms with E-state index in [4.69, 9.17) is 0 Å². The quantitative estimate of drug-likeness (QED) is 0.794. The van der Waals surface area contributed by atoms with Crippen LogP contribution in [0.15, 0.2) is 60.8 Å². The molecule has 4 heteroatoms. The molecule has 0 saturated carbocycles. The Morgan fingerprint density at radius 3 is 2.52 bits per heavy atom. The number of fused-ring (bicyclic) bond motifs is 1. The van der Waals surface area contributed by atoms with Crippen molar-refractivity contribution in [3.8, 4) is 0 Å². The molecule has 1 unspecified atom stereocenters. The average molecular weight is 333 g/mol. The van der Waals surface area contributed by atoms with Crippen LogP contribution in [-0.4, -0.2) is 46.9 Å². The number of aromatic amines is 1. The van der Waals surface area contributed by atoms with Gasteiger partial charge in [-0.1, -0.05) is 36.4 Å². The summed E-state index contributed by atoms with van der Waals surface area (Å²) in [7, 11) is 0. The van der Waals surface area contributed by atoms with Crippen LogP contribution in [0.25, 0.3) is 10.9 Å². The summed E-state index contributed by atoms with van der Waals surface area (Å²) in [6.45, 7) is 5.61. The number of H-pyrrole nitrogens is 1. The molecule has 25 heavy (non-hydrogen) atoms. The largest absolute Gasteiger partial charge is 0.361 e. The monoisotopic (exact) mass is 333 g/mol. The molecule has 1 saturated heterocycles. The SMILES string of the molecule is CC(c1ccccc1)N1CCN(C(=O)c2ccc3cc[nH]c3c2)CC1. The minimum absolute atomic E-state index is 0.128. The zero-order chi connectivity index (χ0) is 17.2. The fourth-order valence-electron chi connectivity index (χ4n) is 3.62. The van der Waals surface area contributed by atoms with Crippen molar-refractivity contribution in [1.29, 1.82) is 0 Å². The molecule has 1 aliphatic rings. The predicted octanol–water partition coefficient (Wildman–Crippen LogP) is 3.69. The number of amides is 1. The summed E-state index contributed by atoms with van der Waals surface area (Å²) in [5, 5.41) is 1.14. The Morgan fingerprint density at radius 2 is 1.76 bits per heavy atom. The second-order valence-electron chi connectivity index (χ2n) is 6.69. The van der Waals surface area contributed by atoms with Crippen LogP contribution in [0.4, 0.5) is 0 Å². The lowest BCUT2D eigenvalue weighted by atomic mass is 10.1. The summed E-state index contributed by atoms with van der Waals surface area (Å²) in [5.41, 5.74) is 3.11. The predicted molar refractivity (Wildman–Crippen MR) is 101 cm³/mol. The summed E-state index contributed by atoms with van der Waals surface area (Å²) in [6, 6.07) is 18.9. The smallest absolute Gasteiger partial charge is 0.254 e. The molecular weight excluding hydrogens is 310 g/mol. The standard InChI is InChI=1S/C21H23N3O/c1-16(17-5-3-2-4-6-17)23-11-13-24(14-12-23)21(25)19-8-7-18-9-10-22-20(18)15-19/h2-10,15-16,22H,11-14H2,1H3. The normalized spacial score (nSPS) is 16.9. The van der Waals surface area contributed by atoms with E-state index in [0.29, 0.717) is 6.04 Å². The van der Waals surface area contributed by atoms with E-state index >= 15 is 0 Å². The van der Waals surface area contributed by atoms with Gasteiger partial charge in [0.1, 0.15) is 0 Å². The fourth-order valence-corrected chi connectivity index (χ4v) is 3.62. The summed E-state index contributed by atoms with van der Waals surface area (Å²) in [5.74, 6) is 0.128. The van der Waals surface area contributed by atoms with E-state index < -0.39 is 0 Å². The molecule has 0 bridgehead atoms. The highest BCUT2D eigenvalue weighted by Gasteiger charge is 2.25. The van der Waals surface area contributed by atoms with Gasteiger partial charge in [-0.2, -0.15) is 0 Å². The second-order valence-corrected chi connectivity index (χ2v) is 6.69. The number of carbonyl (C=O) groups is 1. The van der Waals surface area contributed by atoms with Gasteiger partial charge in [-0.05, 0) is 36.1 Å². The molecule has 1 aromatic heterocycles. The number of rotatable bonds is 3. The lowest BCUT2D eigenvalue weighted by molar-refractivity contribution is 0.0582. The first-order chi connectivity index (χ1) is 12.2. The molecule has 0 spiro atoms. The number of nitrogens with zero attached hydrogens (tertiary/aromatic N) is 2. The zero-order valence-electron chi connectivity index (χ0n) is 14.5. The van der Waals surface area contributed by atoms with Gasteiger partial charge in [0.15, 0.2) is 0 Å². The molecule has 128 valence electrons. The first kappa shape index (κ1) is 15.9. The maximum atomic E-state index is 12.8. The molecular formula is C21H23N3O. The van der Waals surface area contributed by atoms with Gasteiger partial charge in [0.05, 0.1) is 0 Å². The second kappa shape index (κ2) is 6.73. The van der Waals surface area contributed by atoms with Crippen molar-refractivity contribution >= 4 is 16.8 Å². The summed E-state index contributed by atoms with van der Waals surface area (Å²) in [6.07, 6.45) is 1.91. The number of hydrogen-bond acceptors (Lipinski definition) is 2. The van der Waals surface area contributed by atoms with E-state index in [1.54, 1.807) is 0 Å². The molecule has 2 heterocycles. The maximum absolute atomic E-state index is 12.8. The van der Waals surface area contributed by atoms with Crippen LogP contribution in [0.1, 0.15) is 28.9 Å². The highest BCUT2D eigenvalue weighted by Crippen LogP contribution is 2.22. The molecule has 2 aromatic carbocycles. The topological polar surface area (TPSA) is 39.3 Å². The van der Waals surface area contributed by atoms with E-state index in [9.17, 15) is 4.79 Å². The third kappa shape index (κ3) is 3.17. The van der Waals surface area contributed by atoms with Crippen LogP contribution in [0.2, 0.25) is 0 Å². The van der Waals surface area contributed by atoms with Crippen molar-refractivity contribution in [3.05, 3.63) is 71.9 Å². The Hall–Kier alpha value is -2.59. The minimum Gasteiger partial charge on any atom is -0.361 e. The van der Waals surface area contributed by atoms with E-state index in [1.165, 1.54) is 5.56 Å². The van der Waals surface area contributed by atoms with Crippen molar-refractivity contribution in [1.82, 2.24) is 14.8 Å². The van der Waals surface area contributed by atoms with Gasteiger partial charge in [0, 0.05) is 49.5 Å². The molecule has 3 aromatic rings. The third-order valence-corrected chi connectivity index (χ3v) is 5.23. The van der Waals surface area contributed by atoms with Crippen molar-refractivity contribution < 1.29 is 4.79 Å². The molecule has 4 rings (SSSR count). The first-order valence-corrected chi connectivity index (χ1v) is 8.88. The van der Waals surface area contributed by atoms with Crippen molar-refractivity contribution in [2.24, 2.45) is 0 Å². The molecule has 1 atom stereocenters. The maximum Gasteiger partial charge on any atom is 0.254 e. The van der Waals surface area contributed by atoms with Crippen molar-refractivity contribution in [2.75, 3.05) is 26.2 Å². The van der Waals surface area contributed by atoms with Crippen LogP contribution < -0.4 is 0 Å². The van der Waals surface area contributed by atoms with Gasteiger partial charge in [0.25, 0.3) is 5.91 Å². The van der Waals surface area contributed by atoms with Gasteiger partial charge in [-0.3, -0.25) is 9.69 Å². The number of carbonyl (C=O) groups excluding carboxylic acids is 1. The van der Waals surface area contributed by atoms with Crippen LogP contribution in [-0.2, 0) is 0 Å². The summed E-state index contributed by atoms with van der Waals surface area (Å²) < 4.78 is 0. The number of benzene rings is 2. The lowest BCUT2D eigenvalue weighted by Gasteiger charge is -2.38. The summed E-state index contributed by atoms with van der Waals surface area (Å²) >= 11 is 0. The number of hydrogen-bond donors (Lipinski definition) is 1. The molecule has 4 nitrogen and oxygen atoms in total. The fraction of sp³-hybridized carbons (Fsp3) is 0.286. The third-order valence-electron chi connectivity index (χ3n) is 5.23. The van der Waals surface area contributed by atoms with E-state index in [2.05, 4.69) is 41.1 Å². The van der Waals surface area contributed by atoms with Crippen LogP contribution >= 0.6 is 0 Å². The Labute approximate surface area is 148 Å². The minimum atomic E-state index is 0.128. The molecule has 1 aliphatic heterocycles. The van der Waals surface area contributed by atoms with E-state index in [-0.39, 0.29) is 5.91 Å². The molecule has 0 aliphatic carbocycles. The van der Waals surface area contributed by atoms with Crippen molar-refractivity contribution in [2.45, 2.75) is 13.0 Å². The molecule has 1 N–H and O–H groups in total. The van der Waals surface area contributed by atoms with Gasteiger partial charge in [-0.25, -0.2) is 0 Å². The Balaban J connectivity index is 1.42. The van der Waals surface area contributed by atoms with Crippen LogP contribution in [0.3, 0.4) is 0 Å². The van der Waals surface area contributed by atoms with Gasteiger partial charge in [0.2, 0.25) is 0 Å². The highest BCUT2D eigenvalue weighted by molar-refractivity contribution is 5.98. The molecule has 0 radical (unpaired) electrons. The Kier molecular flexibility index (Phi) is 4.28. The van der Waals surface area contributed by atoms with Crippen molar-refractivity contribution in [3.63, 3.8) is 0 Å². The van der Waals surface area contributed by atoms with Gasteiger partial charge < -0.3 is 9.88 Å². The van der Waals surface area contributed by atoms with E-state index in [0.717, 1.165) is 42.6 Å². The zero-order valence-corrected chi connectivity index (χ0v) is 14.5. The first-order valence-electron chi connectivity index (χ1n) is 8.88.